The molecule has 1 atom stereocenters. The van der Waals surface area contributed by atoms with Crippen LogP contribution in [0.3, 0.4) is 0 Å². The Morgan fingerprint density at radius 2 is 2.00 bits per heavy atom. The molecule has 2 N–H and O–H groups in total. The van der Waals surface area contributed by atoms with Gasteiger partial charge in [0.25, 0.3) is 0 Å². The van der Waals surface area contributed by atoms with Crippen molar-refractivity contribution < 1.29 is 9.13 Å². The van der Waals surface area contributed by atoms with Crippen molar-refractivity contribution in [2.24, 2.45) is 11.7 Å². The summed E-state index contributed by atoms with van der Waals surface area (Å²) >= 11 is 0. The Morgan fingerprint density at radius 3 is 2.81 bits per heavy atom. The van der Waals surface area contributed by atoms with E-state index in [1.165, 1.54) is 11.6 Å². The van der Waals surface area contributed by atoms with Crippen LogP contribution >= 0.6 is 0 Å². The Bertz CT molecular complexity index is 1300. The molecular formula is C24H25FN6O. The molecule has 1 aromatic carbocycles. The second kappa shape index (κ2) is 7.79. The van der Waals surface area contributed by atoms with E-state index in [1.54, 1.807) is 6.07 Å². The lowest BCUT2D eigenvalue weighted by Gasteiger charge is -2.15. The second-order valence-electron chi connectivity index (χ2n) is 9.00. The number of nitrogens with two attached hydrogens (primary N) is 1. The van der Waals surface area contributed by atoms with Crippen LogP contribution in [0.5, 0.6) is 5.75 Å². The molecule has 0 spiro atoms. The largest absolute Gasteiger partial charge is 0.490 e. The molecule has 1 saturated carbocycles. The lowest BCUT2D eigenvalue weighted by Crippen LogP contribution is -2.26. The minimum Gasteiger partial charge on any atom is -0.490 e. The van der Waals surface area contributed by atoms with Crippen LogP contribution in [-0.4, -0.2) is 50.2 Å². The van der Waals surface area contributed by atoms with Crippen LogP contribution < -0.4 is 10.5 Å². The number of benzene rings is 1. The summed E-state index contributed by atoms with van der Waals surface area (Å²) in [5.41, 5.74) is 9.34. The van der Waals surface area contributed by atoms with Crippen molar-refractivity contribution in [2.45, 2.75) is 31.8 Å². The van der Waals surface area contributed by atoms with Gasteiger partial charge >= 0.3 is 0 Å². The number of nitrogens with zero attached hydrogens (tertiary/aromatic N) is 5. The highest BCUT2D eigenvalue weighted by atomic mass is 19.1. The number of halogens is 1. The minimum atomic E-state index is -0.355. The zero-order chi connectivity index (χ0) is 21.7. The van der Waals surface area contributed by atoms with Gasteiger partial charge in [-0.1, -0.05) is 12.1 Å². The summed E-state index contributed by atoms with van der Waals surface area (Å²) in [7, 11) is 0. The lowest BCUT2D eigenvalue weighted by molar-refractivity contribution is 0.286. The van der Waals surface area contributed by atoms with Crippen LogP contribution in [0, 0.1) is 11.7 Å². The van der Waals surface area contributed by atoms with Crippen molar-refractivity contribution >= 4 is 16.6 Å². The molecule has 1 aliphatic carbocycles. The van der Waals surface area contributed by atoms with Gasteiger partial charge in [-0.15, -0.1) is 10.2 Å². The number of hydrogen-bond acceptors (Lipinski definition) is 6. The topological polar surface area (TPSA) is 81.6 Å². The molecule has 6 rings (SSSR count). The Morgan fingerprint density at radius 1 is 1.09 bits per heavy atom. The summed E-state index contributed by atoms with van der Waals surface area (Å²) in [5, 5.41) is 9.41. The zero-order valence-electron chi connectivity index (χ0n) is 17.7. The molecule has 2 aliphatic rings. The van der Waals surface area contributed by atoms with Crippen LogP contribution in [0.4, 0.5) is 4.39 Å². The molecule has 3 aromatic heterocycles. The Balaban J connectivity index is 1.33. The van der Waals surface area contributed by atoms with Gasteiger partial charge in [0.15, 0.2) is 23.0 Å². The summed E-state index contributed by atoms with van der Waals surface area (Å²) in [6.45, 7) is 3.33. The van der Waals surface area contributed by atoms with Crippen LogP contribution in [0.2, 0.25) is 0 Å². The van der Waals surface area contributed by atoms with Crippen LogP contribution in [0.15, 0.2) is 42.6 Å². The fourth-order valence-electron chi connectivity index (χ4n) is 4.32. The molecule has 0 bridgehead atoms. The molecule has 0 amide bonds. The van der Waals surface area contributed by atoms with Gasteiger partial charge in [-0.25, -0.2) is 9.37 Å². The molecule has 4 aromatic rings. The fraction of sp³-hybridized carbons (Fsp3) is 0.375. The number of rotatable bonds is 6. The molecule has 1 unspecified atom stereocenters. The van der Waals surface area contributed by atoms with Gasteiger partial charge < -0.3 is 10.5 Å². The van der Waals surface area contributed by atoms with E-state index >= 15 is 0 Å². The normalized spacial score (nSPS) is 19.2. The number of pyridine rings is 2. The van der Waals surface area contributed by atoms with E-state index in [-0.39, 0.29) is 17.6 Å². The quantitative estimate of drug-likeness (QED) is 0.503. The van der Waals surface area contributed by atoms with Crippen molar-refractivity contribution in [1.82, 2.24) is 24.5 Å². The fourth-order valence-corrected chi connectivity index (χ4v) is 4.32. The predicted molar refractivity (Wildman–Crippen MR) is 120 cm³/mol. The standard InChI is InChI=1S/C24H25FN6O/c25-19-9-17-4-5-20(27-21(17)10-22(19)32-14-15-1-2-15)24-29-28-23-6-3-16(12-31(23)24)11-30-8-7-18(26)13-30/h3-6,9-10,12,15,18H,1-2,7-8,11,13-14,26H2. The zero-order valence-corrected chi connectivity index (χ0v) is 17.7. The smallest absolute Gasteiger partial charge is 0.187 e. The number of hydrogen-bond donors (Lipinski definition) is 1. The first kappa shape index (κ1) is 19.6. The Kier molecular flexibility index (Phi) is 4.77. The van der Waals surface area contributed by atoms with E-state index in [0.717, 1.165) is 49.9 Å². The van der Waals surface area contributed by atoms with E-state index < -0.39 is 0 Å². The third kappa shape index (κ3) is 3.80. The SMILES string of the molecule is NC1CCN(Cc2ccc3nnc(-c4ccc5cc(F)c(OCC6CC6)cc5n4)n3c2)C1. The number of ether oxygens (including phenoxy) is 1. The van der Waals surface area contributed by atoms with Gasteiger partial charge in [0, 0.05) is 43.3 Å². The first-order valence-corrected chi connectivity index (χ1v) is 11.2. The van der Waals surface area contributed by atoms with Gasteiger partial charge in [-0.2, -0.15) is 0 Å². The average molecular weight is 433 g/mol. The summed E-state index contributed by atoms with van der Waals surface area (Å²) in [6, 6.07) is 11.2. The first-order valence-electron chi connectivity index (χ1n) is 11.2. The van der Waals surface area contributed by atoms with Gasteiger partial charge in [-0.05, 0) is 48.9 Å². The summed E-state index contributed by atoms with van der Waals surface area (Å²) in [6.07, 6.45) is 5.41. The van der Waals surface area contributed by atoms with E-state index in [1.807, 2.05) is 22.6 Å². The van der Waals surface area contributed by atoms with Crippen LogP contribution in [-0.2, 0) is 6.54 Å². The maximum absolute atomic E-state index is 14.4. The highest BCUT2D eigenvalue weighted by molar-refractivity contribution is 5.82. The van der Waals surface area contributed by atoms with E-state index in [4.69, 9.17) is 15.5 Å². The van der Waals surface area contributed by atoms with Crippen molar-refractivity contribution in [2.75, 3.05) is 19.7 Å². The number of fused-ring (bicyclic) bond motifs is 2. The highest BCUT2D eigenvalue weighted by Crippen LogP contribution is 2.32. The van der Waals surface area contributed by atoms with Crippen molar-refractivity contribution in [3.8, 4) is 17.3 Å². The molecule has 1 aliphatic heterocycles. The first-order chi connectivity index (χ1) is 15.6. The molecule has 2 fully saturated rings. The molecular weight excluding hydrogens is 407 g/mol. The van der Waals surface area contributed by atoms with Gasteiger partial charge in [0.1, 0.15) is 5.69 Å². The Hall–Kier alpha value is -3.10. The molecule has 0 radical (unpaired) electrons. The third-order valence-electron chi connectivity index (χ3n) is 6.32. The van der Waals surface area contributed by atoms with Gasteiger partial charge in [0.2, 0.25) is 0 Å². The van der Waals surface area contributed by atoms with E-state index in [9.17, 15) is 4.39 Å². The molecule has 4 heterocycles. The van der Waals surface area contributed by atoms with Crippen molar-refractivity contribution in [3.63, 3.8) is 0 Å². The second-order valence-corrected chi connectivity index (χ2v) is 9.00. The van der Waals surface area contributed by atoms with Gasteiger partial charge in [0.05, 0.1) is 12.1 Å². The molecule has 164 valence electrons. The summed E-state index contributed by atoms with van der Waals surface area (Å²) < 4.78 is 22.1. The molecule has 32 heavy (non-hydrogen) atoms. The average Bonchev–Trinajstić information content (AvgIpc) is 3.39. The summed E-state index contributed by atoms with van der Waals surface area (Å²) in [4.78, 5) is 7.12. The Labute approximate surface area is 185 Å². The predicted octanol–water partition coefficient (Wildman–Crippen LogP) is 3.41. The van der Waals surface area contributed by atoms with Crippen LogP contribution in [0.25, 0.3) is 28.1 Å². The van der Waals surface area contributed by atoms with E-state index in [2.05, 4.69) is 27.4 Å². The summed E-state index contributed by atoms with van der Waals surface area (Å²) in [5.74, 6) is 1.11. The molecule has 1 saturated heterocycles. The maximum atomic E-state index is 14.4. The van der Waals surface area contributed by atoms with Gasteiger partial charge in [-0.3, -0.25) is 9.30 Å². The molecule has 7 nitrogen and oxygen atoms in total. The third-order valence-corrected chi connectivity index (χ3v) is 6.32. The lowest BCUT2D eigenvalue weighted by atomic mass is 10.2. The van der Waals surface area contributed by atoms with Crippen molar-refractivity contribution in [1.29, 1.82) is 0 Å². The maximum Gasteiger partial charge on any atom is 0.187 e. The number of aromatic nitrogens is 4. The minimum absolute atomic E-state index is 0.256. The highest BCUT2D eigenvalue weighted by Gasteiger charge is 2.23. The van der Waals surface area contributed by atoms with Crippen molar-refractivity contribution in [3.05, 3.63) is 54.0 Å². The van der Waals surface area contributed by atoms with Crippen LogP contribution in [0.1, 0.15) is 24.8 Å². The monoisotopic (exact) mass is 432 g/mol. The number of likely N-dealkylation sites (tertiary alicyclic amines) is 1. The van der Waals surface area contributed by atoms with E-state index in [0.29, 0.717) is 29.6 Å². The molecule has 8 heteroatoms.